The van der Waals surface area contributed by atoms with Gasteiger partial charge >= 0.3 is 0 Å². The molecule has 0 fully saturated rings. The number of halogens is 2. The molecule has 0 heterocycles. The highest BCUT2D eigenvalue weighted by atomic mass is 19.3. The Labute approximate surface area is 123 Å². The quantitative estimate of drug-likeness (QED) is 0.712. The lowest BCUT2D eigenvalue weighted by Crippen LogP contribution is -2.33. The van der Waals surface area contributed by atoms with Crippen LogP contribution in [-0.2, 0) is 9.53 Å². The molecule has 1 rings (SSSR count). The summed E-state index contributed by atoms with van der Waals surface area (Å²) in [5, 5.41) is 0. The number of carbonyl (C=O) groups excluding carboxylic acids is 1. The van der Waals surface area contributed by atoms with Gasteiger partial charge in [0.1, 0.15) is 6.61 Å². The minimum atomic E-state index is -2.51. The second-order valence-electron chi connectivity index (χ2n) is 4.74. The Kier molecular flexibility index (Phi) is 7.85. The van der Waals surface area contributed by atoms with E-state index >= 15 is 0 Å². The predicted octanol–water partition coefficient (Wildman–Crippen LogP) is 2.35. The van der Waals surface area contributed by atoms with E-state index in [1.54, 1.807) is 4.90 Å². The van der Waals surface area contributed by atoms with E-state index in [1.807, 2.05) is 31.2 Å². The van der Waals surface area contributed by atoms with Gasteiger partial charge in [-0.2, -0.15) is 0 Å². The number of benzene rings is 1. The number of aryl methyl sites for hydroxylation is 1. The van der Waals surface area contributed by atoms with Crippen LogP contribution in [0.4, 0.5) is 14.5 Å². The van der Waals surface area contributed by atoms with Gasteiger partial charge in [0.05, 0.1) is 13.0 Å². The molecule has 0 atom stereocenters. The van der Waals surface area contributed by atoms with Gasteiger partial charge in [-0.15, -0.1) is 0 Å². The number of carbonyl (C=O) groups is 1. The van der Waals surface area contributed by atoms with E-state index in [1.165, 1.54) is 0 Å². The van der Waals surface area contributed by atoms with Crippen LogP contribution < -0.4 is 10.6 Å². The van der Waals surface area contributed by atoms with Crippen molar-refractivity contribution in [1.29, 1.82) is 0 Å². The number of amides is 1. The van der Waals surface area contributed by atoms with Gasteiger partial charge in [-0.25, -0.2) is 8.78 Å². The highest BCUT2D eigenvalue weighted by Crippen LogP contribution is 2.16. The van der Waals surface area contributed by atoms with E-state index in [-0.39, 0.29) is 18.9 Å². The second-order valence-corrected chi connectivity index (χ2v) is 4.74. The molecular weight excluding hydrogens is 278 g/mol. The third-order valence-electron chi connectivity index (χ3n) is 2.94. The number of hydrogen-bond acceptors (Lipinski definition) is 3. The monoisotopic (exact) mass is 300 g/mol. The average Bonchev–Trinajstić information content (AvgIpc) is 2.45. The summed E-state index contributed by atoms with van der Waals surface area (Å²) in [5.74, 6) is -0.151. The van der Waals surface area contributed by atoms with Gasteiger partial charge in [-0.05, 0) is 32.0 Å². The summed E-state index contributed by atoms with van der Waals surface area (Å²) in [6.45, 7) is 2.31. The third-order valence-corrected chi connectivity index (χ3v) is 2.94. The van der Waals surface area contributed by atoms with Crippen LogP contribution in [0.25, 0.3) is 0 Å². The Morgan fingerprint density at radius 2 is 2.00 bits per heavy atom. The van der Waals surface area contributed by atoms with Crippen LogP contribution in [0.1, 0.15) is 18.4 Å². The van der Waals surface area contributed by atoms with Gasteiger partial charge < -0.3 is 15.4 Å². The fourth-order valence-electron chi connectivity index (χ4n) is 1.84. The van der Waals surface area contributed by atoms with Crippen molar-refractivity contribution < 1.29 is 18.3 Å². The van der Waals surface area contributed by atoms with Crippen molar-refractivity contribution >= 4 is 11.6 Å². The van der Waals surface area contributed by atoms with Crippen molar-refractivity contribution in [3.05, 3.63) is 29.8 Å². The summed E-state index contributed by atoms with van der Waals surface area (Å²) in [7, 11) is 0. The number of rotatable bonds is 9. The molecule has 0 spiro atoms. The van der Waals surface area contributed by atoms with E-state index in [0.29, 0.717) is 19.5 Å². The number of nitrogens with two attached hydrogens (primary N) is 1. The smallest absolute Gasteiger partial charge is 0.261 e. The molecule has 1 amide bonds. The molecule has 6 heteroatoms. The van der Waals surface area contributed by atoms with E-state index in [0.717, 1.165) is 11.3 Å². The van der Waals surface area contributed by atoms with Crippen molar-refractivity contribution in [2.24, 2.45) is 5.73 Å². The van der Waals surface area contributed by atoms with E-state index in [4.69, 9.17) is 10.5 Å². The fourth-order valence-corrected chi connectivity index (χ4v) is 1.84. The van der Waals surface area contributed by atoms with Gasteiger partial charge in [0.15, 0.2) is 0 Å². The fraction of sp³-hybridized carbons (Fsp3) is 0.533. The minimum Gasteiger partial charge on any atom is -0.375 e. The maximum Gasteiger partial charge on any atom is 0.261 e. The third kappa shape index (κ3) is 6.64. The number of alkyl halides is 2. The van der Waals surface area contributed by atoms with Crippen LogP contribution in [0, 0.1) is 6.92 Å². The van der Waals surface area contributed by atoms with Crippen LogP contribution in [0.2, 0.25) is 0 Å². The predicted molar refractivity (Wildman–Crippen MR) is 78.6 cm³/mol. The first-order chi connectivity index (χ1) is 10.0. The zero-order chi connectivity index (χ0) is 15.7. The molecule has 0 aromatic heterocycles. The lowest BCUT2D eigenvalue weighted by Gasteiger charge is -2.23. The largest absolute Gasteiger partial charge is 0.375 e. The zero-order valence-corrected chi connectivity index (χ0v) is 12.2. The molecule has 0 aliphatic rings. The van der Waals surface area contributed by atoms with Crippen molar-refractivity contribution in [3.8, 4) is 0 Å². The van der Waals surface area contributed by atoms with Crippen molar-refractivity contribution in [3.63, 3.8) is 0 Å². The standard InChI is InChI=1S/C15H22F2N2O2/c1-12-3-5-13(6-4-12)19(9-2-8-18)15(20)7-10-21-11-14(16)17/h3-6,14H,2,7-11,18H2,1H3. The first-order valence-electron chi connectivity index (χ1n) is 6.97. The normalized spacial score (nSPS) is 10.9. The SMILES string of the molecule is Cc1ccc(N(CCCN)C(=O)CCOCC(F)F)cc1. The molecule has 0 saturated heterocycles. The number of nitrogens with zero attached hydrogens (tertiary/aromatic N) is 1. The van der Waals surface area contributed by atoms with E-state index < -0.39 is 13.0 Å². The van der Waals surface area contributed by atoms with E-state index in [2.05, 4.69) is 0 Å². The highest BCUT2D eigenvalue weighted by molar-refractivity contribution is 5.93. The maximum atomic E-state index is 12.2. The Bertz CT molecular complexity index is 424. The molecule has 0 bridgehead atoms. The first kappa shape index (κ1) is 17.5. The number of hydrogen-bond donors (Lipinski definition) is 1. The molecule has 4 nitrogen and oxygen atoms in total. The summed E-state index contributed by atoms with van der Waals surface area (Å²) in [5.41, 5.74) is 7.38. The van der Waals surface area contributed by atoms with E-state index in [9.17, 15) is 13.6 Å². The Morgan fingerprint density at radius 1 is 1.33 bits per heavy atom. The van der Waals surface area contributed by atoms with Gasteiger partial charge in [0, 0.05) is 12.2 Å². The summed E-state index contributed by atoms with van der Waals surface area (Å²) < 4.78 is 28.7. The zero-order valence-electron chi connectivity index (χ0n) is 12.2. The Balaban J connectivity index is 2.59. The highest BCUT2D eigenvalue weighted by Gasteiger charge is 2.15. The maximum absolute atomic E-state index is 12.2. The van der Waals surface area contributed by atoms with Crippen molar-refractivity contribution in [2.45, 2.75) is 26.2 Å². The molecule has 0 aliphatic carbocycles. The molecule has 118 valence electrons. The Morgan fingerprint density at radius 3 is 2.57 bits per heavy atom. The molecule has 0 saturated carbocycles. The van der Waals surface area contributed by atoms with Crippen LogP contribution in [0.5, 0.6) is 0 Å². The molecule has 0 unspecified atom stereocenters. The summed E-state index contributed by atoms with van der Waals surface area (Å²) in [4.78, 5) is 13.8. The van der Waals surface area contributed by atoms with Crippen LogP contribution in [0.3, 0.4) is 0 Å². The number of anilines is 1. The number of ether oxygens (including phenoxy) is 1. The van der Waals surface area contributed by atoms with Gasteiger partial charge in [-0.1, -0.05) is 17.7 Å². The van der Waals surface area contributed by atoms with Crippen LogP contribution in [-0.4, -0.2) is 38.6 Å². The Hall–Kier alpha value is -1.53. The molecule has 1 aromatic rings. The topological polar surface area (TPSA) is 55.6 Å². The van der Waals surface area contributed by atoms with Crippen LogP contribution >= 0.6 is 0 Å². The molecule has 1 aromatic carbocycles. The molecule has 2 N–H and O–H groups in total. The minimum absolute atomic E-state index is 0.00579. The summed E-state index contributed by atoms with van der Waals surface area (Å²) in [6, 6.07) is 7.57. The molecule has 21 heavy (non-hydrogen) atoms. The molecule has 0 radical (unpaired) electrons. The van der Waals surface area contributed by atoms with Crippen molar-refractivity contribution in [2.75, 3.05) is 31.2 Å². The first-order valence-corrected chi connectivity index (χ1v) is 6.97. The van der Waals surface area contributed by atoms with Gasteiger partial charge in [0.25, 0.3) is 6.43 Å². The summed E-state index contributed by atoms with van der Waals surface area (Å²) in [6.07, 6.45) is -1.76. The summed E-state index contributed by atoms with van der Waals surface area (Å²) >= 11 is 0. The lowest BCUT2D eigenvalue weighted by atomic mass is 10.2. The lowest BCUT2D eigenvalue weighted by molar-refractivity contribution is -0.120. The molecular formula is C15H22F2N2O2. The van der Waals surface area contributed by atoms with Crippen molar-refractivity contribution in [1.82, 2.24) is 0 Å². The molecule has 0 aliphatic heterocycles. The van der Waals surface area contributed by atoms with Gasteiger partial charge in [0.2, 0.25) is 5.91 Å². The average molecular weight is 300 g/mol. The van der Waals surface area contributed by atoms with Gasteiger partial charge in [-0.3, -0.25) is 4.79 Å². The second kappa shape index (κ2) is 9.41. The van der Waals surface area contributed by atoms with Crippen LogP contribution in [0.15, 0.2) is 24.3 Å².